The Balaban J connectivity index is -0.0000000695. The van der Waals surface area contributed by atoms with Crippen LogP contribution >= 0.6 is 0 Å². The van der Waals surface area contributed by atoms with Crippen molar-refractivity contribution in [3.63, 3.8) is 0 Å². The standard InChI is InChI=1S/C7H7O.4BH3O3.Li/c1-6-4-2-3-5-7(6)8;4*2-1(3)4;/h2-5,8H,1H2;4*2-4H;/q-1;;;;;+1. The van der Waals surface area contributed by atoms with E-state index in [9.17, 15) is 0 Å². The molecule has 0 fully saturated rings. The van der Waals surface area contributed by atoms with E-state index in [4.69, 9.17) is 65.4 Å². The first-order valence-corrected chi connectivity index (χ1v) is 5.50. The van der Waals surface area contributed by atoms with Gasteiger partial charge in [-0.1, -0.05) is 12.1 Å². The van der Waals surface area contributed by atoms with Crippen LogP contribution in [0.15, 0.2) is 24.3 Å². The van der Waals surface area contributed by atoms with Gasteiger partial charge >= 0.3 is 48.1 Å². The molecule has 0 saturated heterocycles. The van der Waals surface area contributed by atoms with Gasteiger partial charge < -0.3 is 65.4 Å². The van der Waals surface area contributed by atoms with Gasteiger partial charge in [-0.2, -0.15) is 18.6 Å². The average molecular weight is 361 g/mol. The van der Waals surface area contributed by atoms with E-state index in [1.54, 1.807) is 18.2 Å². The maximum atomic E-state index is 8.86. The molecule has 0 amide bonds. The molecule has 0 aromatic heterocycles. The van der Waals surface area contributed by atoms with Crippen LogP contribution in [0.3, 0.4) is 0 Å². The smallest absolute Gasteiger partial charge is 0.565 e. The van der Waals surface area contributed by atoms with E-state index in [0.717, 1.165) is 0 Å². The molecule has 0 heterocycles. The number of aromatic hydroxyl groups is 1. The Morgan fingerprint density at radius 2 is 0.760 bits per heavy atom. The minimum absolute atomic E-state index is 0. The monoisotopic (exact) mass is 362 g/mol. The Hall–Kier alpha value is -0.733. The molecule has 13 nitrogen and oxygen atoms in total. The van der Waals surface area contributed by atoms with Crippen molar-refractivity contribution in [2.75, 3.05) is 0 Å². The molecule has 0 saturated carbocycles. The number of para-hydroxylation sites is 1. The van der Waals surface area contributed by atoms with E-state index in [-0.39, 0.29) is 24.6 Å². The van der Waals surface area contributed by atoms with E-state index in [1.165, 1.54) is 0 Å². The van der Waals surface area contributed by atoms with Gasteiger partial charge in [0.05, 0.1) is 0 Å². The van der Waals surface area contributed by atoms with Crippen molar-refractivity contribution in [1.82, 2.24) is 0 Å². The molecule has 138 valence electrons. The van der Waals surface area contributed by atoms with Crippen LogP contribution < -0.4 is 18.9 Å². The van der Waals surface area contributed by atoms with Gasteiger partial charge in [-0.15, -0.1) is 6.07 Å². The van der Waals surface area contributed by atoms with E-state index in [1.807, 2.05) is 6.07 Å². The second kappa shape index (κ2) is 25.5. The number of phenols is 1. The summed E-state index contributed by atoms with van der Waals surface area (Å²) in [5, 5.41) is 94.9. The van der Waals surface area contributed by atoms with Gasteiger partial charge in [0, 0.05) is 5.75 Å². The minimum Gasteiger partial charge on any atom is -0.565 e. The summed E-state index contributed by atoms with van der Waals surface area (Å²) in [7, 11) is -8.67. The molecule has 1 aromatic rings. The second-order valence-electron chi connectivity index (χ2n) is 3.01. The first-order valence-electron chi connectivity index (χ1n) is 5.50. The van der Waals surface area contributed by atoms with Crippen molar-refractivity contribution < 1.29 is 84.3 Å². The van der Waals surface area contributed by atoms with Crippen LogP contribution in [0.25, 0.3) is 0 Å². The average Bonchev–Trinajstić information content (AvgIpc) is 2.30. The van der Waals surface area contributed by atoms with Crippen LogP contribution in [-0.4, -0.2) is 94.7 Å². The summed E-state index contributed by atoms with van der Waals surface area (Å²) < 4.78 is 0. The molecule has 0 unspecified atom stereocenters. The van der Waals surface area contributed by atoms with Gasteiger partial charge in [0.15, 0.2) is 0 Å². The van der Waals surface area contributed by atoms with Gasteiger partial charge in [-0.05, 0) is 0 Å². The molecule has 0 radical (unpaired) electrons. The fourth-order valence-electron chi connectivity index (χ4n) is 0.511. The Morgan fingerprint density at radius 3 is 0.880 bits per heavy atom. The van der Waals surface area contributed by atoms with Crippen LogP contribution in [0.2, 0.25) is 0 Å². The first kappa shape index (κ1) is 35.4. The molecular weight excluding hydrogens is 342 g/mol. The summed E-state index contributed by atoms with van der Waals surface area (Å²) in [4.78, 5) is 0. The topological polar surface area (TPSA) is 263 Å². The molecule has 1 aromatic carbocycles. The third-order valence-corrected chi connectivity index (χ3v) is 0.992. The Morgan fingerprint density at radius 1 is 0.560 bits per heavy atom. The van der Waals surface area contributed by atoms with Gasteiger partial charge in [0.25, 0.3) is 0 Å². The zero-order valence-corrected chi connectivity index (χ0v) is 13.1. The first-order chi connectivity index (χ1) is 10.7. The van der Waals surface area contributed by atoms with Gasteiger partial charge in [0.2, 0.25) is 0 Å². The molecule has 0 aliphatic carbocycles. The van der Waals surface area contributed by atoms with Crippen molar-refractivity contribution in [2.45, 2.75) is 0 Å². The summed E-state index contributed by atoms with van der Waals surface area (Å²) in [5.74, 6) is 0.257. The van der Waals surface area contributed by atoms with E-state index in [2.05, 4.69) is 6.92 Å². The van der Waals surface area contributed by atoms with Crippen molar-refractivity contribution >= 4 is 29.3 Å². The number of hydrogen-bond donors (Lipinski definition) is 13. The normalized spacial score (nSPS) is 7.20. The summed E-state index contributed by atoms with van der Waals surface area (Å²) in [6.45, 7) is 3.57. The van der Waals surface area contributed by atoms with Crippen molar-refractivity contribution in [1.29, 1.82) is 0 Å². The Labute approximate surface area is 156 Å². The van der Waals surface area contributed by atoms with E-state index >= 15 is 0 Å². The molecule has 1 rings (SSSR count). The fraction of sp³-hybridized carbons (Fsp3) is 0. The maximum Gasteiger partial charge on any atom is 1.00 e. The van der Waals surface area contributed by atoms with Gasteiger partial charge in [-0.3, -0.25) is 0 Å². The third kappa shape index (κ3) is 99.8. The van der Waals surface area contributed by atoms with Gasteiger partial charge in [-0.25, -0.2) is 0 Å². The zero-order chi connectivity index (χ0) is 20.3. The zero-order valence-electron chi connectivity index (χ0n) is 13.1. The van der Waals surface area contributed by atoms with Gasteiger partial charge in [0.1, 0.15) is 0 Å². The largest absolute Gasteiger partial charge is 1.00 e. The van der Waals surface area contributed by atoms with Crippen LogP contribution in [0.4, 0.5) is 0 Å². The van der Waals surface area contributed by atoms with Crippen molar-refractivity contribution in [3.8, 4) is 5.75 Å². The predicted octanol–water partition coefficient (Wildman–Crippen LogP) is -9.63. The van der Waals surface area contributed by atoms with Crippen molar-refractivity contribution in [3.05, 3.63) is 36.8 Å². The Bertz CT molecular complexity index is 303. The molecular formula is C7H19B4LiO13. The number of benzene rings is 1. The van der Waals surface area contributed by atoms with E-state index < -0.39 is 29.3 Å². The molecule has 0 spiro atoms. The number of phenolic OH excluding ortho intramolecular Hbond substituents is 1. The maximum absolute atomic E-state index is 8.86. The molecule has 0 aliphatic heterocycles. The third-order valence-electron chi connectivity index (χ3n) is 0.992. The van der Waals surface area contributed by atoms with Crippen LogP contribution in [0.1, 0.15) is 5.56 Å². The summed E-state index contributed by atoms with van der Waals surface area (Å²) in [5.41, 5.74) is 0.674. The predicted molar refractivity (Wildman–Crippen MR) is 82.2 cm³/mol. The molecule has 18 heteroatoms. The van der Waals surface area contributed by atoms with Crippen LogP contribution in [0.5, 0.6) is 5.75 Å². The second-order valence-corrected chi connectivity index (χ2v) is 3.01. The molecule has 0 aliphatic rings. The number of rotatable bonds is 0. The fourth-order valence-corrected chi connectivity index (χ4v) is 0.511. The Kier molecular flexibility index (Phi) is 36.1. The SMILES string of the molecule is OB(O)O.OB(O)O.OB(O)O.OB(O)O.[CH2-]c1ccccc1O.[Li+]. The summed E-state index contributed by atoms with van der Waals surface area (Å²) in [6, 6.07) is 6.98. The summed E-state index contributed by atoms with van der Waals surface area (Å²) in [6.07, 6.45) is 0. The molecule has 0 bridgehead atoms. The molecule has 25 heavy (non-hydrogen) atoms. The minimum atomic E-state index is -2.17. The van der Waals surface area contributed by atoms with Crippen LogP contribution in [-0.2, 0) is 0 Å². The molecule has 13 N–H and O–H groups in total. The van der Waals surface area contributed by atoms with Crippen LogP contribution in [0, 0.1) is 6.92 Å². The molecule has 0 atom stereocenters. The van der Waals surface area contributed by atoms with E-state index in [0.29, 0.717) is 5.56 Å². The quantitative estimate of drug-likeness (QED) is 0.151. The number of hydrogen-bond acceptors (Lipinski definition) is 13. The van der Waals surface area contributed by atoms with Crippen molar-refractivity contribution in [2.24, 2.45) is 0 Å². The summed E-state index contributed by atoms with van der Waals surface area (Å²) >= 11 is 0.